The van der Waals surface area contributed by atoms with Crippen molar-refractivity contribution in [3.63, 3.8) is 0 Å². The third kappa shape index (κ3) is 4.07. The summed E-state index contributed by atoms with van der Waals surface area (Å²) in [5.74, 6) is -4.05. The highest BCUT2D eigenvalue weighted by atomic mass is 19.2. The maximum atomic E-state index is 13.4. The van der Waals surface area contributed by atoms with Gasteiger partial charge >= 0.3 is 0 Å². The minimum absolute atomic E-state index is 0.158. The highest BCUT2D eigenvalue weighted by molar-refractivity contribution is 5.46. The van der Waals surface area contributed by atoms with Crippen LogP contribution in [0.2, 0.25) is 0 Å². The van der Waals surface area contributed by atoms with Crippen LogP contribution in [-0.2, 0) is 0 Å². The Morgan fingerprint density at radius 3 is 2.00 bits per heavy atom. The highest BCUT2D eigenvalue weighted by Crippen LogP contribution is 2.24. The molecule has 2 N–H and O–H groups in total. The fourth-order valence-electron chi connectivity index (χ4n) is 2.49. The molecule has 0 spiro atoms. The topological polar surface area (TPSA) is 35.5 Å². The van der Waals surface area contributed by atoms with Crippen LogP contribution >= 0.6 is 0 Å². The molecule has 3 nitrogen and oxygen atoms in total. The molecule has 24 heavy (non-hydrogen) atoms. The summed E-state index contributed by atoms with van der Waals surface area (Å²) in [6, 6.07) is 8.70. The molecule has 0 saturated heterocycles. The van der Waals surface area contributed by atoms with Gasteiger partial charge in [0.1, 0.15) is 0 Å². The van der Waals surface area contributed by atoms with Crippen LogP contribution in [0, 0.1) is 17.5 Å². The standard InChI is InChI=1S/C18H21F3N2O/c1-11(12-4-6-14(7-5-12)23(2)3)22-17(10-24)13-8-15(19)18(21)16(20)9-13/h4-9,11,17,22,24H,10H2,1-3H3. The Hall–Kier alpha value is -2.05. The van der Waals surface area contributed by atoms with Gasteiger partial charge in [0, 0.05) is 25.8 Å². The van der Waals surface area contributed by atoms with Gasteiger partial charge in [-0.1, -0.05) is 12.1 Å². The Bertz CT molecular complexity index is 666. The predicted octanol–water partition coefficient (Wildman–Crippen LogP) is 3.55. The van der Waals surface area contributed by atoms with E-state index >= 15 is 0 Å². The molecular formula is C18H21F3N2O. The van der Waals surface area contributed by atoms with Gasteiger partial charge in [0.05, 0.1) is 12.6 Å². The van der Waals surface area contributed by atoms with E-state index in [4.69, 9.17) is 0 Å². The molecule has 0 aliphatic heterocycles. The van der Waals surface area contributed by atoms with Crippen molar-refractivity contribution < 1.29 is 18.3 Å². The number of hydrogen-bond acceptors (Lipinski definition) is 3. The van der Waals surface area contributed by atoms with E-state index in [0.29, 0.717) is 0 Å². The lowest BCUT2D eigenvalue weighted by atomic mass is 10.0. The van der Waals surface area contributed by atoms with E-state index in [0.717, 1.165) is 23.4 Å². The zero-order valence-electron chi connectivity index (χ0n) is 13.9. The summed E-state index contributed by atoms with van der Waals surface area (Å²) in [5.41, 5.74) is 2.17. The Morgan fingerprint density at radius 2 is 1.54 bits per heavy atom. The minimum Gasteiger partial charge on any atom is -0.394 e. The molecule has 2 unspecified atom stereocenters. The fourth-order valence-corrected chi connectivity index (χ4v) is 2.49. The second-order valence-electron chi connectivity index (χ2n) is 5.91. The number of hydrogen-bond donors (Lipinski definition) is 2. The van der Waals surface area contributed by atoms with Gasteiger partial charge in [0.25, 0.3) is 0 Å². The van der Waals surface area contributed by atoms with E-state index < -0.39 is 23.5 Å². The molecular weight excluding hydrogens is 317 g/mol. The molecule has 0 radical (unpaired) electrons. The molecule has 130 valence electrons. The van der Waals surface area contributed by atoms with Crippen LogP contribution in [0.25, 0.3) is 0 Å². The fraction of sp³-hybridized carbons (Fsp3) is 0.333. The molecule has 2 atom stereocenters. The zero-order valence-corrected chi connectivity index (χ0v) is 13.9. The van der Waals surface area contributed by atoms with Crippen molar-refractivity contribution in [2.24, 2.45) is 0 Å². The number of rotatable bonds is 6. The van der Waals surface area contributed by atoms with Crippen LogP contribution in [0.15, 0.2) is 36.4 Å². The molecule has 0 heterocycles. The Kier molecular flexibility index (Phi) is 5.85. The largest absolute Gasteiger partial charge is 0.394 e. The smallest absolute Gasteiger partial charge is 0.194 e. The van der Waals surface area contributed by atoms with Crippen molar-refractivity contribution in [3.8, 4) is 0 Å². The monoisotopic (exact) mass is 338 g/mol. The highest BCUT2D eigenvalue weighted by Gasteiger charge is 2.19. The van der Waals surface area contributed by atoms with Crippen LogP contribution < -0.4 is 10.2 Å². The molecule has 0 amide bonds. The Labute approximate surface area is 139 Å². The average Bonchev–Trinajstić information content (AvgIpc) is 2.56. The lowest BCUT2D eigenvalue weighted by Crippen LogP contribution is -2.27. The molecule has 6 heteroatoms. The van der Waals surface area contributed by atoms with Crippen LogP contribution in [-0.4, -0.2) is 25.8 Å². The first-order valence-corrected chi connectivity index (χ1v) is 7.62. The van der Waals surface area contributed by atoms with E-state index in [9.17, 15) is 18.3 Å². The number of halogens is 3. The number of nitrogens with one attached hydrogen (secondary N) is 1. The minimum atomic E-state index is -1.51. The molecule has 0 aromatic heterocycles. The summed E-state index contributed by atoms with van der Waals surface area (Å²) in [6.07, 6.45) is 0. The quantitative estimate of drug-likeness (QED) is 0.791. The van der Waals surface area contributed by atoms with Crippen molar-refractivity contribution >= 4 is 5.69 Å². The van der Waals surface area contributed by atoms with E-state index in [-0.39, 0.29) is 18.2 Å². The van der Waals surface area contributed by atoms with Gasteiger partial charge in [-0.15, -0.1) is 0 Å². The first kappa shape index (κ1) is 18.3. The summed E-state index contributed by atoms with van der Waals surface area (Å²) >= 11 is 0. The van der Waals surface area contributed by atoms with Crippen molar-refractivity contribution in [1.82, 2.24) is 5.32 Å². The van der Waals surface area contributed by atoms with Crippen molar-refractivity contribution in [2.75, 3.05) is 25.6 Å². The van der Waals surface area contributed by atoms with Crippen molar-refractivity contribution in [2.45, 2.75) is 19.0 Å². The van der Waals surface area contributed by atoms with Crippen LogP contribution in [0.3, 0.4) is 0 Å². The van der Waals surface area contributed by atoms with E-state index in [1.165, 1.54) is 0 Å². The second kappa shape index (κ2) is 7.68. The molecule has 0 saturated carbocycles. The maximum Gasteiger partial charge on any atom is 0.194 e. The molecule has 2 aromatic carbocycles. The third-order valence-electron chi connectivity index (χ3n) is 3.95. The van der Waals surface area contributed by atoms with Gasteiger partial charge in [0.2, 0.25) is 0 Å². The predicted molar refractivity (Wildman–Crippen MR) is 88.5 cm³/mol. The summed E-state index contributed by atoms with van der Waals surface area (Å²) in [4.78, 5) is 1.97. The first-order chi connectivity index (χ1) is 11.3. The SMILES string of the molecule is CC(NC(CO)c1cc(F)c(F)c(F)c1)c1ccc(N(C)C)cc1. The van der Waals surface area contributed by atoms with E-state index in [1.54, 1.807) is 0 Å². The molecule has 0 fully saturated rings. The summed E-state index contributed by atoms with van der Waals surface area (Å²) < 4.78 is 39.8. The molecule has 0 bridgehead atoms. The number of benzene rings is 2. The lowest BCUT2D eigenvalue weighted by Gasteiger charge is -2.23. The van der Waals surface area contributed by atoms with Gasteiger partial charge in [-0.25, -0.2) is 13.2 Å². The van der Waals surface area contributed by atoms with Crippen LogP contribution in [0.5, 0.6) is 0 Å². The number of anilines is 1. The summed E-state index contributed by atoms with van der Waals surface area (Å²) in [6.45, 7) is 1.51. The number of nitrogens with zero attached hydrogens (tertiary/aromatic N) is 1. The summed E-state index contributed by atoms with van der Waals surface area (Å²) in [7, 11) is 3.88. The van der Waals surface area contributed by atoms with Crippen molar-refractivity contribution in [3.05, 3.63) is 65.0 Å². The van der Waals surface area contributed by atoms with Crippen molar-refractivity contribution in [1.29, 1.82) is 0 Å². The number of aliphatic hydroxyl groups is 1. The van der Waals surface area contributed by atoms with Gasteiger partial charge < -0.3 is 15.3 Å². The second-order valence-corrected chi connectivity index (χ2v) is 5.91. The molecule has 2 aromatic rings. The Morgan fingerprint density at radius 1 is 1.00 bits per heavy atom. The van der Waals surface area contributed by atoms with Gasteiger partial charge in [-0.2, -0.15) is 0 Å². The van der Waals surface area contributed by atoms with Gasteiger partial charge in [-0.05, 0) is 42.3 Å². The van der Waals surface area contributed by atoms with Gasteiger partial charge in [-0.3, -0.25) is 0 Å². The maximum absolute atomic E-state index is 13.4. The lowest BCUT2D eigenvalue weighted by molar-refractivity contribution is 0.234. The molecule has 0 aliphatic carbocycles. The molecule has 0 aliphatic rings. The summed E-state index contributed by atoms with van der Waals surface area (Å²) in [5, 5.41) is 12.6. The average molecular weight is 338 g/mol. The van der Waals surface area contributed by atoms with Gasteiger partial charge in [0.15, 0.2) is 17.5 Å². The third-order valence-corrected chi connectivity index (χ3v) is 3.95. The normalized spacial score (nSPS) is 13.6. The van der Waals surface area contributed by atoms with Crippen LogP contribution in [0.4, 0.5) is 18.9 Å². The van der Waals surface area contributed by atoms with E-state index in [1.807, 2.05) is 50.2 Å². The van der Waals surface area contributed by atoms with E-state index in [2.05, 4.69) is 5.32 Å². The Balaban J connectivity index is 2.17. The van der Waals surface area contributed by atoms with Crippen LogP contribution in [0.1, 0.15) is 30.1 Å². The zero-order chi connectivity index (χ0) is 17.9. The molecule has 2 rings (SSSR count). The number of aliphatic hydroxyl groups excluding tert-OH is 1. The first-order valence-electron chi connectivity index (χ1n) is 7.62.